The van der Waals surface area contributed by atoms with Crippen molar-refractivity contribution in [1.82, 2.24) is 15.1 Å². The van der Waals surface area contributed by atoms with E-state index in [2.05, 4.69) is 27.3 Å². The quantitative estimate of drug-likeness (QED) is 0.572. The van der Waals surface area contributed by atoms with E-state index in [4.69, 9.17) is 10.00 Å². The molecular formula is C22H33N5O3. The zero-order valence-corrected chi connectivity index (χ0v) is 18.3. The number of nitriles is 1. The molecule has 1 N–H and O–H groups in total. The number of anilines is 1. The van der Waals surface area contributed by atoms with Crippen LogP contribution in [0.25, 0.3) is 0 Å². The zero-order valence-electron chi connectivity index (χ0n) is 18.3. The highest BCUT2D eigenvalue weighted by molar-refractivity contribution is 5.95. The van der Waals surface area contributed by atoms with Gasteiger partial charge in [0, 0.05) is 52.1 Å². The third-order valence-electron chi connectivity index (χ3n) is 5.09. The summed E-state index contributed by atoms with van der Waals surface area (Å²) in [7, 11) is 1.61. The van der Waals surface area contributed by atoms with Gasteiger partial charge in [-0.2, -0.15) is 5.26 Å². The van der Waals surface area contributed by atoms with E-state index in [0.29, 0.717) is 39.2 Å². The van der Waals surface area contributed by atoms with Gasteiger partial charge in [0.1, 0.15) is 0 Å². The molecule has 2 rings (SSSR count). The first-order valence-electron chi connectivity index (χ1n) is 10.4. The number of hydrogen-bond donors (Lipinski definition) is 1. The average Bonchev–Trinajstić information content (AvgIpc) is 2.69. The lowest BCUT2D eigenvalue weighted by atomic mass is 10.1. The number of rotatable bonds is 10. The van der Waals surface area contributed by atoms with Gasteiger partial charge in [-0.1, -0.05) is 6.07 Å². The summed E-state index contributed by atoms with van der Waals surface area (Å²) in [6.07, 6.45) is 0.296. The molecule has 2 amide bonds. The fraction of sp³-hybridized carbons (Fsp3) is 0.591. The maximum atomic E-state index is 13.0. The average molecular weight is 416 g/mol. The molecule has 8 heteroatoms. The van der Waals surface area contributed by atoms with Crippen LogP contribution in [-0.4, -0.2) is 87.7 Å². The van der Waals surface area contributed by atoms with Crippen molar-refractivity contribution in [2.75, 3.05) is 71.0 Å². The molecule has 1 saturated heterocycles. The molecule has 1 heterocycles. The summed E-state index contributed by atoms with van der Waals surface area (Å²) in [5, 5.41) is 11.8. The molecule has 0 saturated carbocycles. The van der Waals surface area contributed by atoms with E-state index < -0.39 is 0 Å². The Labute approximate surface area is 179 Å². The molecule has 30 heavy (non-hydrogen) atoms. The molecule has 164 valence electrons. The van der Waals surface area contributed by atoms with Crippen LogP contribution in [0.5, 0.6) is 0 Å². The minimum absolute atomic E-state index is 0.000934. The highest BCUT2D eigenvalue weighted by atomic mass is 16.5. The van der Waals surface area contributed by atoms with Crippen LogP contribution in [0.15, 0.2) is 18.2 Å². The van der Waals surface area contributed by atoms with E-state index in [-0.39, 0.29) is 11.8 Å². The van der Waals surface area contributed by atoms with E-state index in [9.17, 15) is 9.59 Å². The van der Waals surface area contributed by atoms with Crippen LogP contribution in [0.3, 0.4) is 0 Å². The van der Waals surface area contributed by atoms with Crippen LogP contribution in [0.4, 0.5) is 5.69 Å². The highest BCUT2D eigenvalue weighted by Gasteiger charge is 2.23. The number of nitrogens with zero attached hydrogens (tertiary/aromatic N) is 4. The van der Waals surface area contributed by atoms with Crippen LogP contribution in [0, 0.1) is 25.2 Å². The molecule has 0 aliphatic carbocycles. The Morgan fingerprint density at radius 2 is 1.70 bits per heavy atom. The van der Waals surface area contributed by atoms with Crippen molar-refractivity contribution in [3.63, 3.8) is 0 Å². The molecule has 1 aromatic carbocycles. The molecule has 1 aliphatic rings. The van der Waals surface area contributed by atoms with Crippen molar-refractivity contribution in [1.29, 1.82) is 5.26 Å². The van der Waals surface area contributed by atoms with Gasteiger partial charge in [-0.15, -0.1) is 0 Å². The second-order valence-corrected chi connectivity index (χ2v) is 7.69. The Bertz CT molecular complexity index is 733. The van der Waals surface area contributed by atoms with E-state index in [0.717, 1.165) is 43.0 Å². The first-order valence-corrected chi connectivity index (χ1v) is 10.4. The minimum atomic E-state index is -0.00549. The van der Waals surface area contributed by atoms with Gasteiger partial charge in [-0.3, -0.25) is 19.4 Å². The molecule has 8 nitrogen and oxygen atoms in total. The predicted octanol–water partition coefficient (Wildman–Crippen LogP) is 0.930. The molecule has 0 aromatic heterocycles. The largest absolute Gasteiger partial charge is 0.383 e. The van der Waals surface area contributed by atoms with E-state index in [1.807, 2.05) is 26.0 Å². The summed E-state index contributed by atoms with van der Waals surface area (Å²) in [5.41, 5.74) is 3.04. The molecule has 0 unspecified atom stereocenters. The summed E-state index contributed by atoms with van der Waals surface area (Å²) < 4.78 is 4.93. The number of carbonyl (C=O) groups excluding carboxylic acids is 2. The lowest BCUT2D eigenvalue weighted by Gasteiger charge is -2.35. The molecule has 1 aromatic rings. The predicted molar refractivity (Wildman–Crippen MR) is 116 cm³/mol. The molecule has 0 spiro atoms. The number of piperazine rings is 1. The van der Waals surface area contributed by atoms with Gasteiger partial charge >= 0.3 is 0 Å². The maximum absolute atomic E-state index is 13.0. The Morgan fingerprint density at radius 3 is 2.27 bits per heavy atom. The van der Waals surface area contributed by atoms with Crippen LogP contribution < -0.4 is 10.2 Å². The first-order chi connectivity index (χ1) is 14.4. The van der Waals surface area contributed by atoms with Crippen LogP contribution in [0.2, 0.25) is 0 Å². The number of aryl methyl sites for hydroxylation is 2. The van der Waals surface area contributed by atoms with Gasteiger partial charge in [0.2, 0.25) is 11.8 Å². The van der Waals surface area contributed by atoms with Crippen molar-refractivity contribution in [2.24, 2.45) is 0 Å². The van der Waals surface area contributed by atoms with Gasteiger partial charge in [-0.25, -0.2) is 0 Å². The number of hydrogen-bond acceptors (Lipinski definition) is 6. The number of carbonyl (C=O) groups is 2. The Hall–Kier alpha value is -2.47. The molecule has 0 atom stereocenters. The monoisotopic (exact) mass is 415 g/mol. The van der Waals surface area contributed by atoms with E-state index in [1.54, 1.807) is 12.0 Å². The zero-order chi connectivity index (χ0) is 21.9. The topological polar surface area (TPSA) is 88.9 Å². The minimum Gasteiger partial charge on any atom is -0.383 e. The smallest absolute Gasteiger partial charge is 0.241 e. The van der Waals surface area contributed by atoms with Crippen molar-refractivity contribution < 1.29 is 14.3 Å². The van der Waals surface area contributed by atoms with Gasteiger partial charge < -0.3 is 15.0 Å². The molecule has 0 bridgehead atoms. The van der Waals surface area contributed by atoms with E-state index in [1.165, 1.54) is 0 Å². The van der Waals surface area contributed by atoms with Gasteiger partial charge in [0.05, 0.1) is 32.2 Å². The molecule has 1 fully saturated rings. The fourth-order valence-electron chi connectivity index (χ4n) is 3.60. The number of nitrogens with one attached hydrogen (secondary N) is 1. The number of methoxy groups -OCH3 is 1. The molecular weight excluding hydrogens is 382 g/mol. The van der Waals surface area contributed by atoms with Crippen LogP contribution in [-0.2, 0) is 14.3 Å². The Kier molecular flexibility index (Phi) is 9.74. The summed E-state index contributed by atoms with van der Waals surface area (Å²) in [4.78, 5) is 30.9. The Balaban J connectivity index is 1.88. The summed E-state index contributed by atoms with van der Waals surface area (Å²) in [6.45, 7) is 9.05. The van der Waals surface area contributed by atoms with Gasteiger partial charge in [0.15, 0.2) is 0 Å². The first kappa shape index (κ1) is 23.8. The second-order valence-electron chi connectivity index (χ2n) is 7.69. The number of benzene rings is 1. The van der Waals surface area contributed by atoms with E-state index >= 15 is 0 Å². The SMILES string of the molecule is COCCNC(=O)CN1CCN(CC(=O)N(CCC#N)c2cc(C)cc(C)c2)CC1. The normalized spacial score (nSPS) is 14.9. The van der Waals surface area contributed by atoms with Crippen LogP contribution in [0.1, 0.15) is 17.5 Å². The maximum Gasteiger partial charge on any atom is 0.241 e. The van der Waals surface area contributed by atoms with Crippen molar-refractivity contribution in [3.05, 3.63) is 29.3 Å². The third kappa shape index (κ3) is 7.75. The lowest BCUT2D eigenvalue weighted by Crippen LogP contribution is -2.52. The van der Waals surface area contributed by atoms with Gasteiger partial charge in [0.25, 0.3) is 0 Å². The third-order valence-corrected chi connectivity index (χ3v) is 5.09. The summed E-state index contributed by atoms with van der Waals surface area (Å²) >= 11 is 0. The second kappa shape index (κ2) is 12.3. The molecule has 1 aliphatic heterocycles. The number of ether oxygens (including phenoxy) is 1. The number of amides is 2. The van der Waals surface area contributed by atoms with Crippen molar-refractivity contribution >= 4 is 17.5 Å². The summed E-state index contributed by atoms with van der Waals surface area (Å²) in [5.74, 6) is -0.00455. The van der Waals surface area contributed by atoms with Crippen molar-refractivity contribution in [3.8, 4) is 6.07 Å². The van der Waals surface area contributed by atoms with Crippen molar-refractivity contribution in [2.45, 2.75) is 20.3 Å². The Morgan fingerprint density at radius 1 is 1.10 bits per heavy atom. The standard InChI is InChI=1S/C22H33N5O3/c1-18-13-19(2)15-20(14-18)27(7-4-5-23)22(29)17-26-10-8-25(9-11-26)16-21(28)24-6-12-30-3/h13-15H,4,6-12,16-17H2,1-3H3,(H,24,28). The molecule has 0 radical (unpaired) electrons. The van der Waals surface area contributed by atoms with Gasteiger partial charge in [-0.05, 0) is 37.1 Å². The lowest BCUT2D eigenvalue weighted by molar-refractivity contribution is -0.124. The summed E-state index contributed by atoms with van der Waals surface area (Å²) in [6, 6.07) is 8.19. The van der Waals surface area contributed by atoms with Crippen LogP contribution >= 0.6 is 0 Å². The highest BCUT2D eigenvalue weighted by Crippen LogP contribution is 2.20. The fourth-order valence-corrected chi connectivity index (χ4v) is 3.60.